The van der Waals surface area contributed by atoms with Gasteiger partial charge in [-0.05, 0) is 43.7 Å². The molecule has 1 aromatic heterocycles. The minimum atomic E-state index is -5.22. The summed E-state index contributed by atoms with van der Waals surface area (Å²) in [6, 6.07) is 8.83. The molecule has 0 aliphatic carbocycles. The summed E-state index contributed by atoms with van der Waals surface area (Å²) < 4.78 is 46.2. The van der Waals surface area contributed by atoms with Crippen molar-refractivity contribution < 1.29 is 27.5 Å². The van der Waals surface area contributed by atoms with Gasteiger partial charge in [0, 0.05) is 11.8 Å². The van der Waals surface area contributed by atoms with Crippen LogP contribution in [-0.2, 0) is 9.53 Å². The molecular formula is C18H18F3N3O3. The fourth-order valence-electron chi connectivity index (χ4n) is 2.37. The number of aryl methyl sites for hydroxylation is 2. The fraction of sp³-hybridized carbons (Fsp3) is 0.278. The number of aromatic nitrogens is 1. The SMILES string of the molecule is COC(=O)C(NC(=O)c1cccc(C)c1)(Nc1cc(C)ccn1)C(F)(F)F. The van der Waals surface area contributed by atoms with E-state index in [0.717, 1.165) is 7.11 Å². The Hall–Kier alpha value is -3.10. The lowest BCUT2D eigenvalue weighted by atomic mass is 10.1. The van der Waals surface area contributed by atoms with Gasteiger partial charge in [-0.1, -0.05) is 17.7 Å². The molecule has 0 spiro atoms. The molecular weight excluding hydrogens is 363 g/mol. The molecule has 0 saturated heterocycles. The molecule has 0 bridgehead atoms. The number of benzene rings is 1. The molecule has 27 heavy (non-hydrogen) atoms. The van der Waals surface area contributed by atoms with Gasteiger partial charge in [-0.25, -0.2) is 9.78 Å². The molecule has 0 radical (unpaired) electrons. The van der Waals surface area contributed by atoms with Crippen LogP contribution in [0.25, 0.3) is 0 Å². The van der Waals surface area contributed by atoms with E-state index in [9.17, 15) is 22.8 Å². The van der Waals surface area contributed by atoms with Gasteiger partial charge < -0.3 is 15.4 Å². The summed E-state index contributed by atoms with van der Waals surface area (Å²) >= 11 is 0. The summed E-state index contributed by atoms with van der Waals surface area (Å²) in [6.45, 7) is 3.33. The van der Waals surface area contributed by atoms with E-state index < -0.39 is 23.7 Å². The topological polar surface area (TPSA) is 80.3 Å². The first-order valence-corrected chi connectivity index (χ1v) is 7.84. The number of hydrogen-bond donors (Lipinski definition) is 2. The van der Waals surface area contributed by atoms with Crippen LogP contribution >= 0.6 is 0 Å². The average molecular weight is 381 g/mol. The number of halogens is 3. The first-order valence-electron chi connectivity index (χ1n) is 7.84. The van der Waals surface area contributed by atoms with Gasteiger partial charge in [-0.2, -0.15) is 13.2 Å². The van der Waals surface area contributed by atoms with Gasteiger partial charge in [-0.3, -0.25) is 4.79 Å². The minimum absolute atomic E-state index is 0.0356. The first kappa shape index (κ1) is 20.2. The van der Waals surface area contributed by atoms with Crippen LogP contribution in [0.1, 0.15) is 21.5 Å². The number of nitrogens with one attached hydrogen (secondary N) is 2. The van der Waals surface area contributed by atoms with E-state index in [-0.39, 0.29) is 11.4 Å². The third kappa shape index (κ3) is 4.36. The monoisotopic (exact) mass is 381 g/mol. The van der Waals surface area contributed by atoms with E-state index in [1.807, 2.05) is 5.32 Å². The highest BCUT2D eigenvalue weighted by Crippen LogP contribution is 2.33. The Morgan fingerprint density at radius 3 is 2.30 bits per heavy atom. The Labute approximate surface area is 153 Å². The van der Waals surface area contributed by atoms with E-state index in [0.29, 0.717) is 11.1 Å². The first-order chi connectivity index (χ1) is 12.6. The molecule has 1 heterocycles. The molecule has 1 unspecified atom stereocenters. The van der Waals surface area contributed by atoms with Gasteiger partial charge >= 0.3 is 17.8 Å². The van der Waals surface area contributed by atoms with Crippen molar-refractivity contribution in [2.75, 3.05) is 12.4 Å². The second-order valence-electron chi connectivity index (χ2n) is 5.91. The Morgan fingerprint density at radius 1 is 1.07 bits per heavy atom. The molecule has 1 aromatic carbocycles. The summed E-state index contributed by atoms with van der Waals surface area (Å²) in [5, 5.41) is 3.74. The van der Waals surface area contributed by atoms with E-state index in [1.165, 1.54) is 30.5 Å². The lowest BCUT2D eigenvalue weighted by Crippen LogP contribution is -2.69. The summed E-state index contributed by atoms with van der Waals surface area (Å²) in [7, 11) is 0.799. The summed E-state index contributed by atoms with van der Waals surface area (Å²) in [6.07, 6.45) is -3.94. The largest absolute Gasteiger partial charge is 0.466 e. The molecule has 0 fully saturated rings. The maximum atomic E-state index is 13.9. The van der Waals surface area contributed by atoms with Crippen molar-refractivity contribution in [1.82, 2.24) is 10.3 Å². The van der Waals surface area contributed by atoms with Crippen LogP contribution in [0.4, 0.5) is 19.0 Å². The smallest absolute Gasteiger partial charge is 0.441 e. The van der Waals surface area contributed by atoms with Crippen LogP contribution in [0.5, 0.6) is 0 Å². The number of amides is 1. The average Bonchev–Trinajstić information content (AvgIpc) is 2.59. The zero-order valence-corrected chi connectivity index (χ0v) is 14.8. The highest BCUT2D eigenvalue weighted by Gasteiger charge is 2.63. The van der Waals surface area contributed by atoms with Crippen molar-refractivity contribution in [3.63, 3.8) is 0 Å². The predicted octanol–water partition coefficient (Wildman–Crippen LogP) is 2.97. The number of methoxy groups -OCH3 is 1. The molecule has 1 atom stereocenters. The number of carbonyl (C=O) groups excluding carboxylic acids is 2. The van der Waals surface area contributed by atoms with Crippen LogP contribution < -0.4 is 10.6 Å². The molecule has 6 nitrogen and oxygen atoms in total. The van der Waals surface area contributed by atoms with Crippen LogP contribution in [0, 0.1) is 13.8 Å². The number of ether oxygens (including phenoxy) is 1. The number of alkyl halides is 3. The zero-order valence-electron chi connectivity index (χ0n) is 14.8. The molecule has 2 rings (SSSR count). The van der Waals surface area contributed by atoms with Gasteiger partial charge in [0.2, 0.25) is 0 Å². The van der Waals surface area contributed by atoms with Crippen molar-refractivity contribution in [3.8, 4) is 0 Å². The summed E-state index contributed by atoms with van der Waals surface area (Å²) in [5.41, 5.74) is -2.26. The fourth-order valence-corrected chi connectivity index (χ4v) is 2.37. The molecule has 2 N–H and O–H groups in total. The van der Waals surface area contributed by atoms with Gasteiger partial charge in [0.25, 0.3) is 5.91 Å². The van der Waals surface area contributed by atoms with E-state index in [1.54, 1.807) is 31.3 Å². The van der Waals surface area contributed by atoms with Crippen molar-refractivity contribution >= 4 is 17.7 Å². The molecule has 144 valence electrons. The van der Waals surface area contributed by atoms with Gasteiger partial charge in [0.1, 0.15) is 5.82 Å². The molecule has 9 heteroatoms. The van der Waals surface area contributed by atoms with Gasteiger partial charge in [-0.15, -0.1) is 0 Å². The number of esters is 1. The van der Waals surface area contributed by atoms with Crippen molar-refractivity contribution in [2.45, 2.75) is 25.7 Å². The second kappa shape index (κ2) is 7.65. The Morgan fingerprint density at radius 2 is 1.74 bits per heavy atom. The molecule has 0 aliphatic heterocycles. The lowest BCUT2D eigenvalue weighted by Gasteiger charge is -2.34. The minimum Gasteiger partial charge on any atom is -0.466 e. The highest BCUT2D eigenvalue weighted by molar-refractivity contribution is 5.99. The third-order valence-electron chi connectivity index (χ3n) is 3.73. The van der Waals surface area contributed by atoms with Crippen molar-refractivity contribution in [3.05, 3.63) is 59.3 Å². The zero-order chi connectivity index (χ0) is 20.2. The van der Waals surface area contributed by atoms with Crippen LogP contribution in [0.3, 0.4) is 0 Å². The molecule has 2 aromatic rings. The number of rotatable bonds is 5. The normalized spacial score (nSPS) is 13.4. The number of pyridine rings is 1. The maximum absolute atomic E-state index is 13.9. The Bertz CT molecular complexity index is 855. The van der Waals surface area contributed by atoms with Crippen LogP contribution in [0.15, 0.2) is 42.6 Å². The number of carbonyl (C=O) groups is 2. The standard InChI is InChI=1S/C18H18F3N3O3/c1-11-5-4-6-13(9-11)15(25)24-17(16(26)27-3,18(19,20)21)23-14-10-12(2)7-8-22-14/h4-10H,1-3H3,(H,22,23)(H,24,25). The van der Waals surface area contributed by atoms with Crippen LogP contribution in [-0.4, -0.2) is 35.8 Å². The van der Waals surface area contributed by atoms with Gasteiger partial charge in [0.15, 0.2) is 0 Å². The van der Waals surface area contributed by atoms with Gasteiger partial charge in [0.05, 0.1) is 7.11 Å². The molecule has 0 aliphatic rings. The van der Waals surface area contributed by atoms with Crippen LogP contribution in [0.2, 0.25) is 0 Å². The number of anilines is 1. The third-order valence-corrected chi connectivity index (χ3v) is 3.73. The molecule has 0 saturated carbocycles. The lowest BCUT2D eigenvalue weighted by molar-refractivity contribution is -0.203. The Balaban J connectivity index is 2.50. The second-order valence-corrected chi connectivity index (χ2v) is 5.91. The maximum Gasteiger partial charge on any atom is 0.441 e. The predicted molar refractivity (Wildman–Crippen MR) is 92.0 cm³/mol. The van der Waals surface area contributed by atoms with E-state index >= 15 is 0 Å². The van der Waals surface area contributed by atoms with E-state index in [4.69, 9.17) is 0 Å². The summed E-state index contributed by atoms with van der Waals surface area (Å²) in [4.78, 5) is 28.4. The number of nitrogens with zero attached hydrogens (tertiary/aromatic N) is 1. The number of hydrogen-bond acceptors (Lipinski definition) is 5. The highest BCUT2D eigenvalue weighted by atomic mass is 19.4. The molecule has 1 amide bonds. The van der Waals surface area contributed by atoms with Crippen molar-refractivity contribution in [1.29, 1.82) is 0 Å². The van der Waals surface area contributed by atoms with E-state index in [2.05, 4.69) is 9.72 Å². The van der Waals surface area contributed by atoms with Crippen molar-refractivity contribution in [2.24, 2.45) is 0 Å². The quantitative estimate of drug-likeness (QED) is 0.615. The summed E-state index contributed by atoms with van der Waals surface area (Å²) in [5.74, 6) is -3.07. The Kier molecular flexibility index (Phi) is 5.72.